The molecule has 1 saturated heterocycles. The molecule has 2 aromatic heterocycles. The van der Waals surface area contributed by atoms with Gasteiger partial charge in [-0.15, -0.1) is 0 Å². The first kappa shape index (κ1) is 17.0. The highest BCUT2D eigenvalue weighted by Crippen LogP contribution is 2.38. The Bertz CT molecular complexity index is 1070. The SMILES string of the molecule is Cc1cc(C)n2ncc(C(=O)N3CCC[C@H]3c3ccc4c(c3)OCCO4)c2n1. The van der Waals surface area contributed by atoms with Gasteiger partial charge >= 0.3 is 0 Å². The van der Waals surface area contributed by atoms with Crippen LogP contribution < -0.4 is 9.47 Å². The number of carbonyl (C=O) groups is 1. The number of hydrogen-bond acceptors (Lipinski definition) is 5. The number of carbonyl (C=O) groups excluding carboxylic acids is 1. The summed E-state index contributed by atoms with van der Waals surface area (Å²) in [5.74, 6) is 1.50. The maximum Gasteiger partial charge on any atom is 0.259 e. The summed E-state index contributed by atoms with van der Waals surface area (Å²) in [6.07, 6.45) is 3.53. The number of nitrogens with zero attached hydrogens (tertiary/aromatic N) is 4. The molecule has 0 bridgehead atoms. The molecule has 144 valence electrons. The Morgan fingerprint density at radius 2 is 1.96 bits per heavy atom. The van der Waals surface area contributed by atoms with Crippen molar-refractivity contribution in [1.29, 1.82) is 0 Å². The molecule has 0 radical (unpaired) electrons. The molecule has 0 unspecified atom stereocenters. The van der Waals surface area contributed by atoms with Crippen molar-refractivity contribution in [3.63, 3.8) is 0 Å². The Morgan fingerprint density at radius 3 is 2.82 bits per heavy atom. The van der Waals surface area contributed by atoms with Gasteiger partial charge in [-0.05, 0) is 50.5 Å². The Balaban J connectivity index is 1.50. The Labute approximate surface area is 162 Å². The fourth-order valence-electron chi connectivity index (χ4n) is 4.20. The van der Waals surface area contributed by atoms with Crippen molar-refractivity contribution in [2.24, 2.45) is 0 Å². The minimum Gasteiger partial charge on any atom is -0.486 e. The molecule has 1 aromatic carbocycles. The summed E-state index contributed by atoms with van der Waals surface area (Å²) in [5.41, 5.74) is 4.09. The number of fused-ring (bicyclic) bond motifs is 2. The smallest absolute Gasteiger partial charge is 0.259 e. The van der Waals surface area contributed by atoms with Crippen molar-refractivity contribution in [2.45, 2.75) is 32.7 Å². The third-order valence-corrected chi connectivity index (χ3v) is 5.47. The van der Waals surface area contributed by atoms with Crippen molar-refractivity contribution in [1.82, 2.24) is 19.5 Å². The third-order valence-electron chi connectivity index (χ3n) is 5.47. The van der Waals surface area contributed by atoms with E-state index in [1.807, 2.05) is 43.0 Å². The van der Waals surface area contributed by atoms with Crippen LogP contribution in [0.1, 0.15) is 46.2 Å². The van der Waals surface area contributed by atoms with Crippen LogP contribution in [0.15, 0.2) is 30.5 Å². The van der Waals surface area contributed by atoms with Gasteiger partial charge in [0.2, 0.25) is 0 Å². The van der Waals surface area contributed by atoms with Gasteiger partial charge in [-0.25, -0.2) is 9.50 Å². The van der Waals surface area contributed by atoms with Crippen LogP contribution in [-0.2, 0) is 0 Å². The molecule has 7 nitrogen and oxygen atoms in total. The zero-order valence-electron chi connectivity index (χ0n) is 16.0. The van der Waals surface area contributed by atoms with Gasteiger partial charge in [0.25, 0.3) is 5.91 Å². The minimum absolute atomic E-state index is 0.0178. The second-order valence-electron chi connectivity index (χ2n) is 7.39. The van der Waals surface area contributed by atoms with E-state index in [9.17, 15) is 4.79 Å². The van der Waals surface area contributed by atoms with E-state index in [1.54, 1.807) is 10.7 Å². The number of rotatable bonds is 2. The topological polar surface area (TPSA) is 69.0 Å². The fourth-order valence-corrected chi connectivity index (χ4v) is 4.20. The summed E-state index contributed by atoms with van der Waals surface area (Å²) in [6, 6.07) is 7.96. The molecule has 4 heterocycles. The first-order valence-corrected chi connectivity index (χ1v) is 9.64. The lowest BCUT2D eigenvalue weighted by Crippen LogP contribution is -2.30. The highest BCUT2D eigenvalue weighted by Gasteiger charge is 2.33. The quantitative estimate of drug-likeness (QED) is 0.685. The van der Waals surface area contributed by atoms with E-state index in [0.29, 0.717) is 24.4 Å². The van der Waals surface area contributed by atoms with Gasteiger partial charge < -0.3 is 14.4 Å². The lowest BCUT2D eigenvalue weighted by Gasteiger charge is -2.26. The van der Waals surface area contributed by atoms with Crippen LogP contribution in [0.25, 0.3) is 5.65 Å². The number of benzene rings is 1. The van der Waals surface area contributed by atoms with E-state index < -0.39 is 0 Å². The van der Waals surface area contributed by atoms with Gasteiger partial charge in [-0.2, -0.15) is 5.10 Å². The van der Waals surface area contributed by atoms with Gasteiger partial charge in [-0.3, -0.25) is 4.79 Å². The molecule has 0 spiro atoms. The van der Waals surface area contributed by atoms with Crippen molar-refractivity contribution in [3.8, 4) is 11.5 Å². The molecule has 2 aliphatic rings. The van der Waals surface area contributed by atoms with Gasteiger partial charge in [0.15, 0.2) is 17.1 Å². The Kier molecular flexibility index (Phi) is 3.96. The summed E-state index contributed by atoms with van der Waals surface area (Å²) in [6.45, 7) is 5.75. The summed E-state index contributed by atoms with van der Waals surface area (Å²) < 4.78 is 13.1. The van der Waals surface area contributed by atoms with E-state index in [-0.39, 0.29) is 11.9 Å². The van der Waals surface area contributed by atoms with Crippen molar-refractivity contribution < 1.29 is 14.3 Å². The molecular formula is C21H22N4O3. The van der Waals surface area contributed by atoms with E-state index in [0.717, 1.165) is 47.8 Å². The number of aryl methyl sites for hydroxylation is 2. The second kappa shape index (κ2) is 6.51. The summed E-state index contributed by atoms with van der Waals surface area (Å²) in [7, 11) is 0. The molecule has 1 atom stereocenters. The molecule has 3 aromatic rings. The molecule has 0 saturated carbocycles. The molecule has 0 N–H and O–H groups in total. The normalized spacial score (nSPS) is 18.6. The molecule has 2 aliphatic heterocycles. The first-order valence-electron chi connectivity index (χ1n) is 9.64. The lowest BCUT2D eigenvalue weighted by atomic mass is 10.0. The molecule has 1 amide bonds. The predicted octanol–water partition coefficient (Wildman–Crippen LogP) is 3.09. The van der Waals surface area contributed by atoms with Gasteiger partial charge in [0, 0.05) is 17.9 Å². The van der Waals surface area contributed by atoms with Crippen molar-refractivity contribution in [3.05, 3.63) is 53.0 Å². The zero-order chi connectivity index (χ0) is 19.3. The van der Waals surface area contributed by atoms with Crippen LogP contribution in [0.5, 0.6) is 11.5 Å². The summed E-state index contributed by atoms with van der Waals surface area (Å²) in [5, 5.41) is 4.38. The van der Waals surface area contributed by atoms with Crippen LogP contribution in [0.4, 0.5) is 0 Å². The highest BCUT2D eigenvalue weighted by atomic mass is 16.6. The van der Waals surface area contributed by atoms with E-state index in [4.69, 9.17) is 9.47 Å². The first-order chi connectivity index (χ1) is 13.6. The van der Waals surface area contributed by atoms with Crippen molar-refractivity contribution in [2.75, 3.05) is 19.8 Å². The van der Waals surface area contributed by atoms with Crippen LogP contribution in [-0.4, -0.2) is 45.2 Å². The monoisotopic (exact) mass is 378 g/mol. The molecule has 28 heavy (non-hydrogen) atoms. The average molecular weight is 378 g/mol. The number of aromatic nitrogens is 3. The maximum atomic E-state index is 13.4. The van der Waals surface area contributed by atoms with Crippen LogP contribution >= 0.6 is 0 Å². The lowest BCUT2D eigenvalue weighted by molar-refractivity contribution is 0.0737. The van der Waals surface area contributed by atoms with Crippen LogP contribution in [0.3, 0.4) is 0 Å². The number of hydrogen-bond donors (Lipinski definition) is 0. The summed E-state index contributed by atoms with van der Waals surface area (Å²) >= 11 is 0. The average Bonchev–Trinajstić information content (AvgIpc) is 3.34. The number of likely N-dealkylation sites (tertiary alicyclic amines) is 1. The van der Waals surface area contributed by atoms with E-state index >= 15 is 0 Å². The fraction of sp³-hybridized carbons (Fsp3) is 0.381. The molecule has 1 fully saturated rings. The molecular weight excluding hydrogens is 356 g/mol. The molecule has 5 rings (SSSR count). The Hall–Kier alpha value is -3.09. The van der Waals surface area contributed by atoms with Gasteiger partial charge in [-0.1, -0.05) is 6.07 Å². The minimum atomic E-state index is -0.0233. The van der Waals surface area contributed by atoms with Gasteiger partial charge in [0.1, 0.15) is 18.8 Å². The van der Waals surface area contributed by atoms with Gasteiger partial charge in [0.05, 0.1) is 12.2 Å². The standard InChI is InChI=1S/C21H22N4O3/c1-13-10-14(2)25-20(23-13)16(12-22-25)21(26)24-7-3-4-17(24)15-5-6-18-19(11-15)28-9-8-27-18/h5-6,10-12,17H,3-4,7-9H2,1-2H3/t17-/m0/s1. The predicted molar refractivity (Wildman–Crippen MR) is 103 cm³/mol. The number of amides is 1. The molecule has 7 heteroatoms. The maximum absolute atomic E-state index is 13.4. The second-order valence-corrected chi connectivity index (χ2v) is 7.39. The highest BCUT2D eigenvalue weighted by molar-refractivity contribution is 6.00. The number of ether oxygens (including phenoxy) is 2. The zero-order valence-corrected chi connectivity index (χ0v) is 16.0. The molecule has 0 aliphatic carbocycles. The van der Waals surface area contributed by atoms with E-state index in [2.05, 4.69) is 10.1 Å². The van der Waals surface area contributed by atoms with Crippen molar-refractivity contribution >= 4 is 11.6 Å². The van der Waals surface area contributed by atoms with Crippen LogP contribution in [0, 0.1) is 13.8 Å². The third kappa shape index (κ3) is 2.69. The van der Waals surface area contributed by atoms with Crippen LogP contribution in [0.2, 0.25) is 0 Å². The van der Waals surface area contributed by atoms with E-state index in [1.165, 1.54) is 0 Å². The summed E-state index contributed by atoms with van der Waals surface area (Å²) in [4.78, 5) is 19.9. The Morgan fingerprint density at radius 1 is 1.14 bits per heavy atom. The largest absolute Gasteiger partial charge is 0.486 e.